The molecule has 0 bridgehead atoms. The summed E-state index contributed by atoms with van der Waals surface area (Å²) < 4.78 is 44.3. The molecule has 8 heteroatoms. The molecule has 1 saturated carbocycles. The molecule has 2 aromatic rings. The first-order valence-electron chi connectivity index (χ1n) is 10.4. The van der Waals surface area contributed by atoms with E-state index in [1.165, 1.54) is 19.2 Å². The van der Waals surface area contributed by atoms with E-state index in [4.69, 9.17) is 9.73 Å². The van der Waals surface area contributed by atoms with Crippen LogP contribution >= 0.6 is 0 Å². The minimum atomic E-state index is -4.53. The summed E-state index contributed by atoms with van der Waals surface area (Å²) in [4.78, 5) is 17.4. The number of nitrogens with one attached hydrogen (secondary N) is 1. The highest BCUT2D eigenvalue weighted by molar-refractivity contribution is 6.05. The number of amides is 1. The molecule has 5 nitrogen and oxygen atoms in total. The van der Waals surface area contributed by atoms with Crippen molar-refractivity contribution in [3.8, 4) is 5.75 Å². The molecule has 170 valence electrons. The van der Waals surface area contributed by atoms with Crippen LogP contribution in [0.25, 0.3) is 6.08 Å². The maximum Gasteiger partial charge on any atom is 0.416 e. The smallest absolute Gasteiger partial charge is 0.416 e. The van der Waals surface area contributed by atoms with Crippen LogP contribution in [-0.4, -0.2) is 29.8 Å². The van der Waals surface area contributed by atoms with Crippen LogP contribution in [-0.2, 0) is 6.18 Å². The second kappa shape index (κ2) is 7.92. The zero-order chi connectivity index (χ0) is 23.3. The standard InChI is InChI=1S/C24H25F3N2O3/c1-23(2,31)17-8-14(9-17)18-10-15-11-20(21(32-3)12-19(15)28-18)29-22(30)13-5-4-6-16(7-13)24(25,26)27/h4-7,10-12,14,17-18,31H,8-9H2,1-3H3,(H,29,30)/t14-,17-,18?. The predicted molar refractivity (Wildman–Crippen MR) is 114 cm³/mol. The minimum Gasteiger partial charge on any atom is -0.494 e. The van der Waals surface area contributed by atoms with Gasteiger partial charge in [0.25, 0.3) is 5.91 Å². The Kier molecular flexibility index (Phi) is 5.53. The molecule has 1 unspecified atom stereocenters. The van der Waals surface area contributed by atoms with E-state index in [1.807, 2.05) is 19.9 Å². The molecular weight excluding hydrogens is 421 g/mol. The van der Waals surface area contributed by atoms with E-state index < -0.39 is 23.2 Å². The van der Waals surface area contributed by atoms with Gasteiger partial charge in [0.1, 0.15) is 5.75 Å². The van der Waals surface area contributed by atoms with Gasteiger partial charge < -0.3 is 15.2 Å². The lowest BCUT2D eigenvalue weighted by Crippen LogP contribution is -2.43. The molecule has 2 N–H and O–H groups in total. The molecule has 32 heavy (non-hydrogen) atoms. The highest BCUT2D eigenvalue weighted by Crippen LogP contribution is 2.44. The van der Waals surface area contributed by atoms with E-state index in [0.29, 0.717) is 17.4 Å². The normalized spacial score (nSPS) is 22.3. The fourth-order valence-electron chi connectivity index (χ4n) is 4.27. The summed E-state index contributed by atoms with van der Waals surface area (Å²) in [6, 6.07) is 7.72. The third kappa shape index (κ3) is 4.37. The fraction of sp³-hybridized carbons (Fsp3) is 0.417. The second-order valence-electron chi connectivity index (χ2n) is 9.01. The molecular formula is C24H25F3N2O3. The van der Waals surface area contributed by atoms with E-state index in [2.05, 4.69) is 5.32 Å². The molecule has 0 spiro atoms. The second-order valence-corrected chi connectivity index (χ2v) is 9.01. The number of aliphatic hydroxyl groups is 1. The zero-order valence-corrected chi connectivity index (χ0v) is 18.0. The summed E-state index contributed by atoms with van der Waals surface area (Å²) in [7, 11) is 1.46. The Labute approximate surface area is 183 Å². The van der Waals surface area contributed by atoms with E-state index in [1.54, 1.807) is 12.1 Å². The number of nitrogens with zero attached hydrogens (tertiary/aromatic N) is 1. The van der Waals surface area contributed by atoms with Gasteiger partial charge in [-0.3, -0.25) is 9.79 Å². The van der Waals surface area contributed by atoms with Crippen LogP contribution in [0, 0.1) is 11.8 Å². The monoisotopic (exact) mass is 446 g/mol. The summed E-state index contributed by atoms with van der Waals surface area (Å²) in [6.45, 7) is 3.64. The number of halogens is 3. The third-order valence-corrected chi connectivity index (χ3v) is 6.34. The summed E-state index contributed by atoms with van der Waals surface area (Å²) in [5.41, 5.74) is -1.32. The Balaban J connectivity index is 1.55. The Morgan fingerprint density at radius 1 is 1.19 bits per heavy atom. The van der Waals surface area contributed by atoms with Crippen LogP contribution in [0.2, 0.25) is 0 Å². The van der Waals surface area contributed by atoms with Crippen LogP contribution in [0.5, 0.6) is 5.75 Å². The topological polar surface area (TPSA) is 70.9 Å². The number of anilines is 1. The highest BCUT2D eigenvalue weighted by Gasteiger charge is 2.42. The van der Waals surface area contributed by atoms with Crippen molar-refractivity contribution in [3.05, 3.63) is 58.1 Å². The summed E-state index contributed by atoms with van der Waals surface area (Å²) in [5.74, 6) is 0.308. The lowest BCUT2D eigenvalue weighted by Gasteiger charge is -2.44. The number of carbonyl (C=O) groups excluding carboxylic acids is 1. The van der Waals surface area contributed by atoms with Crippen molar-refractivity contribution in [1.82, 2.24) is 0 Å². The first-order valence-corrected chi connectivity index (χ1v) is 10.4. The van der Waals surface area contributed by atoms with Gasteiger partial charge in [-0.2, -0.15) is 13.2 Å². The fourth-order valence-corrected chi connectivity index (χ4v) is 4.27. The average molecular weight is 446 g/mol. The van der Waals surface area contributed by atoms with Gasteiger partial charge in [0, 0.05) is 16.8 Å². The van der Waals surface area contributed by atoms with Gasteiger partial charge in [0.05, 0.1) is 35.4 Å². The SMILES string of the molecule is COc1cc2c(cc1NC(=O)c1cccc(C(F)(F)F)c1)=CC([C@H]1C[C@H](C(C)(C)O)C1)N=2. The summed E-state index contributed by atoms with van der Waals surface area (Å²) >= 11 is 0. The van der Waals surface area contributed by atoms with Crippen molar-refractivity contribution in [2.24, 2.45) is 16.8 Å². The minimum absolute atomic E-state index is 0.0114. The number of rotatable bonds is 5. The third-order valence-electron chi connectivity index (χ3n) is 6.34. The van der Waals surface area contributed by atoms with Crippen molar-refractivity contribution >= 4 is 17.7 Å². The van der Waals surface area contributed by atoms with Gasteiger partial charge in [0.2, 0.25) is 0 Å². The van der Waals surface area contributed by atoms with Gasteiger partial charge in [-0.25, -0.2) is 0 Å². The van der Waals surface area contributed by atoms with Crippen LogP contribution in [0.3, 0.4) is 0 Å². The van der Waals surface area contributed by atoms with Crippen molar-refractivity contribution in [2.45, 2.75) is 44.5 Å². The number of fused-ring (bicyclic) bond motifs is 1. The quantitative estimate of drug-likeness (QED) is 0.738. The Bertz CT molecular complexity index is 1160. The van der Waals surface area contributed by atoms with Crippen LogP contribution < -0.4 is 20.6 Å². The molecule has 2 aromatic carbocycles. The van der Waals surface area contributed by atoms with E-state index in [0.717, 1.165) is 35.6 Å². The van der Waals surface area contributed by atoms with Gasteiger partial charge in [-0.15, -0.1) is 0 Å². The first kappa shape index (κ1) is 22.3. The van der Waals surface area contributed by atoms with E-state index in [9.17, 15) is 23.1 Å². The van der Waals surface area contributed by atoms with Crippen LogP contribution in [0.1, 0.15) is 42.6 Å². The van der Waals surface area contributed by atoms with Crippen molar-refractivity contribution in [2.75, 3.05) is 12.4 Å². The molecule has 1 heterocycles. The van der Waals surface area contributed by atoms with Crippen molar-refractivity contribution in [1.29, 1.82) is 0 Å². The summed E-state index contributed by atoms with van der Waals surface area (Å²) in [5, 5.41) is 14.4. The zero-order valence-electron chi connectivity index (χ0n) is 18.0. The summed E-state index contributed by atoms with van der Waals surface area (Å²) in [6.07, 6.45) is -0.727. The number of alkyl halides is 3. The van der Waals surface area contributed by atoms with Crippen molar-refractivity contribution < 1.29 is 27.8 Å². The number of ether oxygens (including phenoxy) is 1. The molecule has 0 aromatic heterocycles. The maximum atomic E-state index is 13.0. The molecule has 1 fully saturated rings. The molecule has 1 atom stereocenters. The number of benzene rings is 2. The van der Waals surface area contributed by atoms with Crippen LogP contribution in [0.4, 0.5) is 18.9 Å². The molecule has 1 aliphatic carbocycles. The number of carbonyl (C=O) groups is 1. The molecule has 4 rings (SSSR count). The molecule has 0 saturated heterocycles. The van der Waals surface area contributed by atoms with Crippen LogP contribution in [0.15, 0.2) is 41.4 Å². The highest BCUT2D eigenvalue weighted by atomic mass is 19.4. The average Bonchev–Trinajstić information content (AvgIpc) is 3.06. The lowest BCUT2D eigenvalue weighted by molar-refractivity contribution is -0.137. The Morgan fingerprint density at radius 2 is 1.91 bits per heavy atom. The molecule has 1 aliphatic heterocycles. The lowest BCUT2D eigenvalue weighted by atomic mass is 9.65. The molecule has 0 radical (unpaired) electrons. The number of methoxy groups -OCH3 is 1. The predicted octanol–water partition coefficient (Wildman–Crippen LogP) is 3.55. The number of hydrogen-bond donors (Lipinski definition) is 2. The molecule has 2 aliphatic rings. The molecule has 1 amide bonds. The Morgan fingerprint density at radius 3 is 2.53 bits per heavy atom. The largest absolute Gasteiger partial charge is 0.494 e. The maximum absolute atomic E-state index is 13.0. The van der Waals surface area contributed by atoms with Crippen molar-refractivity contribution in [3.63, 3.8) is 0 Å². The number of hydrogen-bond acceptors (Lipinski definition) is 4. The van der Waals surface area contributed by atoms with Gasteiger partial charge in [-0.05, 0) is 62.8 Å². The van der Waals surface area contributed by atoms with E-state index in [-0.39, 0.29) is 17.5 Å². The van der Waals surface area contributed by atoms with E-state index >= 15 is 0 Å². The van der Waals surface area contributed by atoms with Gasteiger partial charge in [-0.1, -0.05) is 12.1 Å². The first-order chi connectivity index (χ1) is 15.0. The van der Waals surface area contributed by atoms with Gasteiger partial charge >= 0.3 is 6.18 Å². The van der Waals surface area contributed by atoms with Gasteiger partial charge in [0.15, 0.2) is 0 Å². The Hall–Kier alpha value is -2.87.